The molecule has 0 bridgehead atoms. The molecule has 1 aliphatic heterocycles. The van der Waals surface area contributed by atoms with Crippen LogP contribution in [0.4, 0.5) is 0 Å². The van der Waals surface area contributed by atoms with Gasteiger partial charge in [-0.05, 0) is 12.2 Å². The molecule has 2 rings (SSSR count). The van der Waals surface area contributed by atoms with E-state index in [1.54, 1.807) is 18.5 Å². The van der Waals surface area contributed by atoms with Crippen molar-refractivity contribution in [1.29, 1.82) is 0 Å². The van der Waals surface area contributed by atoms with Crippen LogP contribution in [0.5, 0.6) is 0 Å². The van der Waals surface area contributed by atoms with Gasteiger partial charge in [-0.15, -0.1) is 0 Å². The third-order valence-corrected chi connectivity index (χ3v) is 2.28. The summed E-state index contributed by atoms with van der Waals surface area (Å²) in [6, 6.07) is 0. The van der Waals surface area contributed by atoms with E-state index in [1.807, 2.05) is 0 Å². The first-order chi connectivity index (χ1) is 6.77. The fourth-order valence-electron chi connectivity index (χ4n) is 1.25. The second kappa shape index (κ2) is 3.72. The predicted octanol–water partition coefficient (Wildman–Crippen LogP) is 1.94. The molecule has 0 aromatic carbocycles. The van der Waals surface area contributed by atoms with Crippen molar-refractivity contribution in [3.8, 4) is 0 Å². The van der Waals surface area contributed by atoms with Crippen LogP contribution < -0.4 is 5.32 Å². The van der Waals surface area contributed by atoms with Crippen LogP contribution in [0.25, 0.3) is 0 Å². The smallest absolute Gasteiger partial charge is 0.160 e. The molecule has 4 heteroatoms. The van der Waals surface area contributed by atoms with Gasteiger partial charge in [-0.25, -0.2) is 0 Å². The molecule has 0 amide bonds. The number of carbonyl (C=O) groups excluding carboxylic acids is 1. The summed E-state index contributed by atoms with van der Waals surface area (Å²) >= 11 is 5.95. The summed E-state index contributed by atoms with van der Waals surface area (Å²) in [4.78, 5) is 11.2. The molecule has 0 fully saturated rings. The highest BCUT2D eigenvalue weighted by Crippen LogP contribution is 2.27. The minimum absolute atomic E-state index is 0.0310. The van der Waals surface area contributed by atoms with Gasteiger partial charge in [0.1, 0.15) is 12.0 Å². The van der Waals surface area contributed by atoms with E-state index in [9.17, 15) is 4.79 Å². The van der Waals surface area contributed by atoms with Crippen LogP contribution >= 0.6 is 11.6 Å². The molecule has 0 radical (unpaired) electrons. The molecule has 72 valence electrons. The lowest BCUT2D eigenvalue weighted by Gasteiger charge is -2.16. The van der Waals surface area contributed by atoms with E-state index in [-0.39, 0.29) is 12.2 Å². The summed E-state index contributed by atoms with van der Waals surface area (Å²) < 4.78 is 5.23. The fraction of sp³-hybridized carbons (Fsp3) is 0.100. The van der Waals surface area contributed by atoms with Crippen LogP contribution in [0.2, 0.25) is 0 Å². The molecule has 3 nitrogen and oxygen atoms in total. The van der Waals surface area contributed by atoms with E-state index in [0.29, 0.717) is 10.8 Å². The van der Waals surface area contributed by atoms with Gasteiger partial charge in [0.25, 0.3) is 0 Å². The molecule has 0 unspecified atom stereocenters. The Morgan fingerprint density at radius 1 is 1.43 bits per heavy atom. The van der Waals surface area contributed by atoms with E-state index < -0.39 is 0 Å². The number of rotatable bonds is 1. The molecule has 1 N–H and O–H groups in total. The zero-order valence-electron chi connectivity index (χ0n) is 7.29. The number of ether oxygens (including phenoxy) is 1. The van der Waals surface area contributed by atoms with Crippen LogP contribution in [-0.2, 0) is 9.53 Å². The quantitative estimate of drug-likeness (QED) is 0.717. The lowest BCUT2D eigenvalue weighted by molar-refractivity contribution is -0.114. The van der Waals surface area contributed by atoms with Gasteiger partial charge in [-0.3, -0.25) is 4.79 Å². The number of carbonyl (C=O) groups is 1. The van der Waals surface area contributed by atoms with Gasteiger partial charge in [0.15, 0.2) is 5.78 Å². The summed E-state index contributed by atoms with van der Waals surface area (Å²) in [7, 11) is 0. The molecule has 0 saturated heterocycles. The molecular formula is C10H8ClNO2. The largest absolute Gasteiger partial charge is 0.462 e. The minimum Gasteiger partial charge on any atom is -0.462 e. The van der Waals surface area contributed by atoms with Gasteiger partial charge < -0.3 is 10.1 Å². The van der Waals surface area contributed by atoms with Gasteiger partial charge in [0, 0.05) is 29.4 Å². The maximum absolute atomic E-state index is 11.2. The van der Waals surface area contributed by atoms with Gasteiger partial charge in [0.2, 0.25) is 0 Å². The molecule has 1 aliphatic carbocycles. The summed E-state index contributed by atoms with van der Waals surface area (Å²) in [6.45, 7) is 0. The van der Waals surface area contributed by atoms with Crippen molar-refractivity contribution < 1.29 is 9.53 Å². The van der Waals surface area contributed by atoms with Crippen molar-refractivity contribution in [2.45, 2.75) is 6.42 Å². The summed E-state index contributed by atoms with van der Waals surface area (Å²) in [6.07, 6.45) is 8.18. The Bertz CT molecular complexity index is 391. The van der Waals surface area contributed by atoms with Crippen molar-refractivity contribution in [3.63, 3.8) is 0 Å². The Labute approximate surface area is 86.4 Å². The highest BCUT2D eigenvalue weighted by Gasteiger charge is 2.18. The summed E-state index contributed by atoms with van der Waals surface area (Å²) in [5.74, 6) is 0.624. The summed E-state index contributed by atoms with van der Waals surface area (Å²) in [5, 5.41) is 3.42. The maximum atomic E-state index is 11.2. The first-order valence-corrected chi connectivity index (χ1v) is 4.53. The van der Waals surface area contributed by atoms with Crippen LogP contribution in [0.1, 0.15) is 6.42 Å². The van der Waals surface area contributed by atoms with Crippen LogP contribution in [0, 0.1) is 0 Å². The molecular weight excluding hydrogens is 202 g/mol. The molecule has 1 heterocycles. The fourth-order valence-corrected chi connectivity index (χ4v) is 1.47. The Morgan fingerprint density at radius 3 is 3.00 bits per heavy atom. The third-order valence-electron chi connectivity index (χ3n) is 1.93. The van der Waals surface area contributed by atoms with E-state index in [0.717, 1.165) is 5.57 Å². The lowest BCUT2D eigenvalue weighted by atomic mass is 10.0. The minimum atomic E-state index is 0.0310. The number of hydrogen-bond acceptors (Lipinski definition) is 3. The molecule has 0 aromatic rings. The predicted molar refractivity (Wildman–Crippen MR) is 53.1 cm³/mol. The zero-order chi connectivity index (χ0) is 9.97. The Kier molecular flexibility index (Phi) is 2.41. The number of halogens is 1. The number of nitrogens with one attached hydrogen (secondary N) is 1. The maximum Gasteiger partial charge on any atom is 0.160 e. The van der Waals surface area contributed by atoms with Crippen LogP contribution in [-0.4, -0.2) is 5.78 Å². The average Bonchev–Trinajstić information content (AvgIpc) is 2.23. The molecule has 0 saturated carbocycles. The van der Waals surface area contributed by atoms with E-state index in [2.05, 4.69) is 5.32 Å². The second-order valence-electron chi connectivity index (χ2n) is 2.90. The molecule has 0 aromatic heterocycles. The highest BCUT2D eigenvalue weighted by atomic mass is 35.5. The van der Waals surface area contributed by atoms with E-state index >= 15 is 0 Å². The van der Waals surface area contributed by atoms with Crippen molar-refractivity contribution in [2.75, 3.05) is 0 Å². The Morgan fingerprint density at radius 2 is 2.29 bits per heavy atom. The molecule has 14 heavy (non-hydrogen) atoms. The Balaban J connectivity index is 2.28. The Hall–Kier alpha value is -1.48. The average molecular weight is 210 g/mol. The van der Waals surface area contributed by atoms with Crippen molar-refractivity contribution >= 4 is 17.4 Å². The SMILES string of the molecule is O=C1C=CC(Cl)=C(C2=CNC=CO2)C1. The second-order valence-corrected chi connectivity index (χ2v) is 3.31. The van der Waals surface area contributed by atoms with Gasteiger partial charge in [-0.1, -0.05) is 11.6 Å². The third kappa shape index (κ3) is 1.72. The zero-order valence-corrected chi connectivity index (χ0v) is 8.04. The van der Waals surface area contributed by atoms with Gasteiger partial charge >= 0.3 is 0 Å². The molecule has 0 atom stereocenters. The monoisotopic (exact) mass is 209 g/mol. The molecule has 2 aliphatic rings. The normalized spacial score (nSPS) is 20.4. The van der Waals surface area contributed by atoms with E-state index in [1.165, 1.54) is 12.3 Å². The van der Waals surface area contributed by atoms with Crippen molar-refractivity contribution in [1.82, 2.24) is 5.32 Å². The number of hydrogen-bond donors (Lipinski definition) is 1. The van der Waals surface area contributed by atoms with Crippen LogP contribution in [0.3, 0.4) is 0 Å². The number of allylic oxidation sites excluding steroid dienone is 4. The topological polar surface area (TPSA) is 38.3 Å². The van der Waals surface area contributed by atoms with Crippen LogP contribution in [0.15, 0.2) is 47.2 Å². The van der Waals surface area contributed by atoms with Crippen molar-refractivity contribution in [2.24, 2.45) is 0 Å². The van der Waals surface area contributed by atoms with Gasteiger partial charge in [0.05, 0.1) is 0 Å². The standard InChI is InChI=1S/C10H8ClNO2/c11-9-2-1-7(13)5-8(9)10-6-12-3-4-14-10/h1-4,6,12H,5H2. The summed E-state index contributed by atoms with van der Waals surface area (Å²) in [5.41, 5.74) is 0.719. The lowest BCUT2D eigenvalue weighted by Crippen LogP contribution is -2.10. The van der Waals surface area contributed by atoms with Gasteiger partial charge in [-0.2, -0.15) is 0 Å². The first kappa shape index (κ1) is 9.09. The van der Waals surface area contributed by atoms with Crippen molar-refractivity contribution in [3.05, 3.63) is 47.2 Å². The van der Waals surface area contributed by atoms with E-state index in [4.69, 9.17) is 16.3 Å². The highest BCUT2D eigenvalue weighted by molar-refractivity contribution is 6.32. The molecule has 0 spiro atoms. The first-order valence-electron chi connectivity index (χ1n) is 4.15. The number of ketones is 1.